The second-order valence-electron chi connectivity index (χ2n) is 5.35. The van der Waals surface area contributed by atoms with Gasteiger partial charge in [-0.1, -0.05) is 13.8 Å². The summed E-state index contributed by atoms with van der Waals surface area (Å²) in [6.07, 6.45) is 0. The van der Waals surface area contributed by atoms with Crippen molar-refractivity contribution < 1.29 is 4.74 Å². The van der Waals surface area contributed by atoms with Crippen LogP contribution in [0.3, 0.4) is 0 Å². The lowest BCUT2D eigenvalue weighted by Crippen LogP contribution is -2.42. The van der Waals surface area contributed by atoms with Gasteiger partial charge in [0.15, 0.2) is 0 Å². The Kier molecular flexibility index (Phi) is 11.6. The molecule has 0 aromatic heterocycles. The summed E-state index contributed by atoms with van der Waals surface area (Å²) < 4.78 is 5.21. The SMILES string of the molecule is CC.CC(C)N1CCOCC1.CN1CCN(C)CC1. The standard InChI is InChI=1S/C7H15NO.C6H14N2.C2H6/c1-7(2)8-3-5-9-6-4-8;1-7-3-5-8(2)6-4-7;1-2/h7H,3-6H2,1-2H3;3-6H2,1-2H3;1-2H3. The third-order valence-corrected chi connectivity index (χ3v) is 3.50. The fourth-order valence-electron chi connectivity index (χ4n) is 2.00. The molecule has 0 radical (unpaired) electrons. The number of likely N-dealkylation sites (N-methyl/N-ethyl adjacent to an activating group) is 2. The normalized spacial score (nSPS) is 22.3. The van der Waals surface area contributed by atoms with Gasteiger partial charge in [0.1, 0.15) is 0 Å². The molecule has 0 N–H and O–H groups in total. The van der Waals surface area contributed by atoms with E-state index in [1.54, 1.807) is 0 Å². The highest BCUT2D eigenvalue weighted by Crippen LogP contribution is 2.01. The molecule has 0 spiro atoms. The molecule has 2 aliphatic heterocycles. The molecule has 0 aromatic rings. The first-order valence-electron chi connectivity index (χ1n) is 7.78. The van der Waals surface area contributed by atoms with E-state index in [1.165, 1.54) is 26.2 Å². The quantitative estimate of drug-likeness (QED) is 0.722. The Labute approximate surface area is 120 Å². The zero-order valence-corrected chi connectivity index (χ0v) is 14.0. The van der Waals surface area contributed by atoms with Crippen LogP contribution in [-0.2, 0) is 4.74 Å². The molecule has 0 aliphatic carbocycles. The first kappa shape index (κ1) is 18.8. The highest BCUT2D eigenvalue weighted by Gasteiger charge is 2.12. The van der Waals surface area contributed by atoms with Gasteiger partial charge in [0.25, 0.3) is 0 Å². The fourth-order valence-corrected chi connectivity index (χ4v) is 2.00. The van der Waals surface area contributed by atoms with E-state index in [0.29, 0.717) is 6.04 Å². The number of hydrogen-bond acceptors (Lipinski definition) is 4. The van der Waals surface area contributed by atoms with Crippen LogP contribution in [-0.4, -0.2) is 87.3 Å². The number of ether oxygens (including phenoxy) is 1. The number of piperazine rings is 1. The predicted octanol–water partition coefficient (Wildman–Crippen LogP) is 1.62. The summed E-state index contributed by atoms with van der Waals surface area (Å²) >= 11 is 0. The average Bonchev–Trinajstić information content (AvgIpc) is 2.46. The van der Waals surface area contributed by atoms with Crippen LogP contribution < -0.4 is 0 Å². The first-order valence-corrected chi connectivity index (χ1v) is 7.78. The van der Waals surface area contributed by atoms with Crippen molar-refractivity contribution in [3.8, 4) is 0 Å². The van der Waals surface area contributed by atoms with Gasteiger partial charge in [-0.2, -0.15) is 0 Å². The molecule has 0 aromatic carbocycles. The highest BCUT2D eigenvalue weighted by molar-refractivity contribution is 4.65. The summed E-state index contributed by atoms with van der Waals surface area (Å²) in [5.41, 5.74) is 0. The van der Waals surface area contributed by atoms with Gasteiger partial charge in [-0.05, 0) is 27.9 Å². The zero-order valence-electron chi connectivity index (χ0n) is 14.0. The first-order chi connectivity index (χ1) is 9.09. The van der Waals surface area contributed by atoms with Crippen molar-refractivity contribution >= 4 is 0 Å². The number of morpholine rings is 1. The molecule has 0 unspecified atom stereocenters. The Morgan fingerprint density at radius 2 is 1.11 bits per heavy atom. The van der Waals surface area contributed by atoms with Crippen LogP contribution in [0, 0.1) is 0 Å². The van der Waals surface area contributed by atoms with Gasteiger partial charge >= 0.3 is 0 Å². The zero-order chi connectivity index (χ0) is 14.7. The van der Waals surface area contributed by atoms with E-state index in [9.17, 15) is 0 Å². The van der Waals surface area contributed by atoms with E-state index in [2.05, 4.69) is 42.6 Å². The highest BCUT2D eigenvalue weighted by atomic mass is 16.5. The van der Waals surface area contributed by atoms with Gasteiger partial charge in [0.2, 0.25) is 0 Å². The molecule has 0 saturated carbocycles. The molecule has 4 heteroatoms. The molecular formula is C15H35N3O. The van der Waals surface area contributed by atoms with E-state index in [-0.39, 0.29) is 0 Å². The van der Waals surface area contributed by atoms with Crippen molar-refractivity contribution in [1.29, 1.82) is 0 Å². The monoisotopic (exact) mass is 273 g/mol. The summed E-state index contributed by atoms with van der Waals surface area (Å²) in [5.74, 6) is 0. The Bertz CT molecular complexity index is 176. The van der Waals surface area contributed by atoms with Crippen LogP contribution in [0.2, 0.25) is 0 Å². The lowest BCUT2D eigenvalue weighted by Gasteiger charge is -2.29. The summed E-state index contributed by atoms with van der Waals surface area (Å²) in [7, 11) is 4.35. The van der Waals surface area contributed by atoms with E-state index >= 15 is 0 Å². The third-order valence-electron chi connectivity index (χ3n) is 3.50. The van der Waals surface area contributed by atoms with E-state index < -0.39 is 0 Å². The van der Waals surface area contributed by atoms with Crippen molar-refractivity contribution in [3.63, 3.8) is 0 Å². The summed E-state index contributed by atoms with van der Waals surface area (Å²) in [6, 6.07) is 0.689. The number of nitrogens with zero attached hydrogens (tertiary/aromatic N) is 3. The Morgan fingerprint density at radius 3 is 1.37 bits per heavy atom. The number of hydrogen-bond donors (Lipinski definition) is 0. The minimum absolute atomic E-state index is 0.689. The van der Waals surface area contributed by atoms with Crippen LogP contribution in [0.15, 0.2) is 0 Å². The van der Waals surface area contributed by atoms with Gasteiger partial charge in [-0.25, -0.2) is 0 Å². The van der Waals surface area contributed by atoms with Crippen molar-refractivity contribution in [2.24, 2.45) is 0 Å². The summed E-state index contributed by atoms with van der Waals surface area (Å²) in [5, 5.41) is 0. The molecule has 0 atom stereocenters. The third kappa shape index (κ3) is 9.38. The second-order valence-corrected chi connectivity index (χ2v) is 5.35. The largest absolute Gasteiger partial charge is 0.379 e. The maximum Gasteiger partial charge on any atom is 0.0594 e. The molecule has 0 bridgehead atoms. The molecule has 2 aliphatic rings. The van der Waals surface area contributed by atoms with Gasteiger partial charge in [-0.3, -0.25) is 4.90 Å². The van der Waals surface area contributed by atoms with Crippen molar-refractivity contribution in [3.05, 3.63) is 0 Å². The van der Waals surface area contributed by atoms with E-state index in [4.69, 9.17) is 4.74 Å². The number of rotatable bonds is 1. The van der Waals surface area contributed by atoms with Gasteiger partial charge in [-0.15, -0.1) is 0 Å². The molecule has 2 fully saturated rings. The maximum atomic E-state index is 5.21. The van der Waals surface area contributed by atoms with Crippen LogP contribution >= 0.6 is 0 Å². The summed E-state index contributed by atoms with van der Waals surface area (Å²) in [4.78, 5) is 7.16. The van der Waals surface area contributed by atoms with Crippen molar-refractivity contribution in [2.45, 2.75) is 33.7 Å². The lowest BCUT2D eigenvalue weighted by molar-refractivity contribution is 0.0238. The van der Waals surface area contributed by atoms with E-state index in [0.717, 1.165) is 26.3 Å². The molecule has 2 saturated heterocycles. The Morgan fingerprint density at radius 1 is 0.737 bits per heavy atom. The van der Waals surface area contributed by atoms with Crippen molar-refractivity contribution in [2.75, 3.05) is 66.6 Å². The topological polar surface area (TPSA) is 19.0 Å². The van der Waals surface area contributed by atoms with Crippen molar-refractivity contribution in [1.82, 2.24) is 14.7 Å². The minimum atomic E-state index is 0.689. The smallest absolute Gasteiger partial charge is 0.0594 e. The fraction of sp³-hybridized carbons (Fsp3) is 1.00. The second kappa shape index (κ2) is 11.6. The van der Waals surface area contributed by atoms with Gasteiger partial charge in [0.05, 0.1) is 13.2 Å². The predicted molar refractivity (Wildman–Crippen MR) is 83.9 cm³/mol. The minimum Gasteiger partial charge on any atom is -0.379 e. The molecule has 4 nitrogen and oxygen atoms in total. The molecule has 116 valence electrons. The van der Waals surface area contributed by atoms with E-state index in [1.807, 2.05) is 13.8 Å². The molecule has 0 amide bonds. The molecule has 2 heterocycles. The lowest BCUT2D eigenvalue weighted by atomic mass is 10.3. The Balaban J connectivity index is 0.000000303. The van der Waals surface area contributed by atoms with Crippen LogP contribution in [0.4, 0.5) is 0 Å². The molecule has 2 rings (SSSR count). The molecule has 19 heavy (non-hydrogen) atoms. The van der Waals surface area contributed by atoms with Crippen LogP contribution in [0.5, 0.6) is 0 Å². The van der Waals surface area contributed by atoms with Crippen LogP contribution in [0.1, 0.15) is 27.7 Å². The maximum absolute atomic E-state index is 5.21. The summed E-state index contributed by atoms with van der Waals surface area (Å²) in [6.45, 7) is 17.4. The Hall–Kier alpha value is -0.160. The average molecular weight is 273 g/mol. The van der Waals surface area contributed by atoms with Crippen LogP contribution in [0.25, 0.3) is 0 Å². The van der Waals surface area contributed by atoms with Gasteiger partial charge < -0.3 is 14.5 Å². The van der Waals surface area contributed by atoms with Gasteiger partial charge in [0, 0.05) is 45.3 Å². The molecular weight excluding hydrogens is 238 g/mol.